The van der Waals surface area contributed by atoms with Gasteiger partial charge in [-0.2, -0.15) is 5.10 Å². The number of aromatic nitrogens is 3. The summed E-state index contributed by atoms with van der Waals surface area (Å²) in [5, 5.41) is 4.22. The van der Waals surface area contributed by atoms with E-state index in [-0.39, 0.29) is 11.9 Å². The molecular formula is C18H24N4O2. The van der Waals surface area contributed by atoms with Crippen LogP contribution in [0.4, 0.5) is 0 Å². The van der Waals surface area contributed by atoms with Crippen LogP contribution >= 0.6 is 0 Å². The lowest BCUT2D eigenvalue weighted by molar-refractivity contribution is 0.0735. The van der Waals surface area contributed by atoms with Gasteiger partial charge in [0.05, 0.1) is 24.4 Å². The summed E-state index contributed by atoms with van der Waals surface area (Å²) < 4.78 is 7.35. The van der Waals surface area contributed by atoms with Crippen LogP contribution in [-0.4, -0.2) is 38.7 Å². The zero-order chi connectivity index (χ0) is 17.1. The minimum atomic E-state index is 0.0178. The van der Waals surface area contributed by atoms with E-state index in [0.29, 0.717) is 24.0 Å². The molecule has 0 N–H and O–H groups in total. The first-order valence-electron chi connectivity index (χ1n) is 8.43. The van der Waals surface area contributed by atoms with E-state index in [1.54, 1.807) is 23.0 Å². The molecule has 2 aromatic heterocycles. The minimum Gasteiger partial charge on any atom is -0.477 e. The van der Waals surface area contributed by atoms with Gasteiger partial charge in [-0.05, 0) is 24.8 Å². The molecule has 3 heterocycles. The second kappa shape index (κ2) is 7.03. The van der Waals surface area contributed by atoms with Crippen LogP contribution in [0, 0.1) is 5.92 Å². The number of pyridine rings is 1. The van der Waals surface area contributed by atoms with Gasteiger partial charge in [0.25, 0.3) is 5.91 Å². The van der Waals surface area contributed by atoms with Gasteiger partial charge in [0.15, 0.2) is 0 Å². The molecule has 1 fully saturated rings. The van der Waals surface area contributed by atoms with Gasteiger partial charge in [0.1, 0.15) is 0 Å². The first kappa shape index (κ1) is 16.5. The maximum Gasteiger partial charge on any atom is 0.255 e. The molecule has 3 rings (SSSR count). The molecular weight excluding hydrogens is 304 g/mol. The fourth-order valence-electron chi connectivity index (χ4n) is 2.98. The number of rotatable bonds is 5. The molecule has 1 saturated heterocycles. The molecule has 0 bridgehead atoms. The van der Waals surface area contributed by atoms with E-state index >= 15 is 0 Å². The minimum absolute atomic E-state index is 0.0178. The quantitative estimate of drug-likeness (QED) is 0.847. The third-order valence-electron chi connectivity index (χ3n) is 4.17. The first-order valence-corrected chi connectivity index (χ1v) is 8.43. The summed E-state index contributed by atoms with van der Waals surface area (Å²) >= 11 is 0. The van der Waals surface area contributed by atoms with E-state index < -0.39 is 0 Å². The third-order valence-corrected chi connectivity index (χ3v) is 4.17. The van der Waals surface area contributed by atoms with Gasteiger partial charge in [-0.15, -0.1) is 0 Å². The molecule has 24 heavy (non-hydrogen) atoms. The highest BCUT2D eigenvalue weighted by molar-refractivity contribution is 5.94. The monoisotopic (exact) mass is 328 g/mol. The molecule has 6 heteroatoms. The maximum atomic E-state index is 12.8. The van der Waals surface area contributed by atoms with Crippen LogP contribution in [0.25, 0.3) is 0 Å². The molecule has 128 valence electrons. The van der Waals surface area contributed by atoms with Gasteiger partial charge >= 0.3 is 0 Å². The van der Waals surface area contributed by atoms with E-state index in [4.69, 9.17) is 4.74 Å². The molecule has 1 aliphatic heterocycles. The topological polar surface area (TPSA) is 60.2 Å². The van der Waals surface area contributed by atoms with Gasteiger partial charge in [0, 0.05) is 37.6 Å². The van der Waals surface area contributed by atoms with Crippen LogP contribution in [0.2, 0.25) is 0 Å². The van der Waals surface area contributed by atoms with Crippen molar-refractivity contribution in [2.24, 2.45) is 13.0 Å². The van der Waals surface area contributed by atoms with E-state index in [1.807, 2.05) is 24.3 Å². The lowest BCUT2D eigenvalue weighted by Gasteiger charge is -2.24. The fraction of sp³-hybridized carbons (Fsp3) is 0.500. The third kappa shape index (κ3) is 3.58. The van der Waals surface area contributed by atoms with Gasteiger partial charge in [-0.25, -0.2) is 4.98 Å². The molecule has 0 aliphatic carbocycles. The Morgan fingerprint density at radius 2 is 2.21 bits per heavy atom. The van der Waals surface area contributed by atoms with Crippen LogP contribution in [0.5, 0.6) is 5.88 Å². The predicted octanol–water partition coefficient (Wildman–Crippen LogP) is 2.83. The summed E-state index contributed by atoms with van der Waals surface area (Å²) in [5.74, 6) is 1.02. The number of amides is 1. The number of nitrogens with zero attached hydrogens (tertiary/aromatic N) is 4. The standard InChI is InChI=1S/C18H24N4O2/c1-13(2)12-24-17-7-6-14(9-19-17)18(23)22-8-4-5-16(22)15-10-20-21(3)11-15/h6-7,9-11,13,16H,4-5,8,12H2,1-3H3/t16-/m0/s1. The normalized spacial score (nSPS) is 17.5. The maximum absolute atomic E-state index is 12.8. The molecule has 0 saturated carbocycles. The first-order chi connectivity index (χ1) is 11.5. The smallest absolute Gasteiger partial charge is 0.255 e. The Hall–Kier alpha value is -2.37. The van der Waals surface area contributed by atoms with Gasteiger partial charge < -0.3 is 9.64 Å². The summed E-state index contributed by atoms with van der Waals surface area (Å²) in [6.45, 7) is 5.56. The largest absolute Gasteiger partial charge is 0.477 e. The van der Waals surface area contributed by atoms with Crippen molar-refractivity contribution in [3.63, 3.8) is 0 Å². The zero-order valence-corrected chi connectivity index (χ0v) is 14.5. The summed E-state index contributed by atoms with van der Waals surface area (Å²) in [4.78, 5) is 19.0. The predicted molar refractivity (Wildman–Crippen MR) is 90.8 cm³/mol. The Bertz CT molecular complexity index is 693. The molecule has 0 spiro atoms. The number of hydrogen-bond acceptors (Lipinski definition) is 4. The summed E-state index contributed by atoms with van der Waals surface area (Å²) in [5.41, 5.74) is 1.69. The van der Waals surface area contributed by atoms with Crippen LogP contribution in [0.1, 0.15) is 48.7 Å². The van der Waals surface area contributed by atoms with Crippen molar-refractivity contribution in [1.29, 1.82) is 0 Å². The number of ether oxygens (including phenoxy) is 1. The second-order valence-corrected chi connectivity index (χ2v) is 6.69. The molecule has 0 aromatic carbocycles. The zero-order valence-electron chi connectivity index (χ0n) is 14.5. The Kier molecular flexibility index (Phi) is 4.83. The summed E-state index contributed by atoms with van der Waals surface area (Å²) in [7, 11) is 1.89. The molecule has 6 nitrogen and oxygen atoms in total. The van der Waals surface area contributed by atoms with E-state index in [0.717, 1.165) is 24.9 Å². The van der Waals surface area contributed by atoms with E-state index in [9.17, 15) is 4.79 Å². The highest BCUT2D eigenvalue weighted by Gasteiger charge is 2.31. The fourth-order valence-corrected chi connectivity index (χ4v) is 2.98. The van der Waals surface area contributed by atoms with Gasteiger partial charge in [0.2, 0.25) is 5.88 Å². The Morgan fingerprint density at radius 3 is 2.83 bits per heavy atom. The number of aryl methyl sites for hydroxylation is 1. The highest BCUT2D eigenvalue weighted by Crippen LogP contribution is 2.32. The Labute approximate surface area is 142 Å². The van der Waals surface area contributed by atoms with E-state index in [2.05, 4.69) is 23.9 Å². The van der Waals surface area contributed by atoms with Crippen LogP contribution in [0.3, 0.4) is 0 Å². The highest BCUT2D eigenvalue weighted by atomic mass is 16.5. The number of hydrogen-bond donors (Lipinski definition) is 0. The molecule has 1 amide bonds. The van der Waals surface area contributed by atoms with Crippen molar-refractivity contribution < 1.29 is 9.53 Å². The van der Waals surface area contributed by atoms with Gasteiger partial charge in [-0.3, -0.25) is 9.48 Å². The molecule has 0 radical (unpaired) electrons. The van der Waals surface area contributed by atoms with Crippen LogP contribution in [-0.2, 0) is 7.05 Å². The second-order valence-electron chi connectivity index (χ2n) is 6.69. The molecule has 1 atom stereocenters. The average Bonchev–Trinajstić information content (AvgIpc) is 3.21. The van der Waals surface area contributed by atoms with E-state index in [1.165, 1.54) is 0 Å². The average molecular weight is 328 g/mol. The SMILES string of the molecule is CC(C)COc1ccc(C(=O)N2CCC[C@H]2c2cnn(C)c2)cn1. The van der Waals surface area contributed by atoms with Crippen LogP contribution < -0.4 is 4.74 Å². The summed E-state index contributed by atoms with van der Waals surface area (Å²) in [6.07, 6.45) is 7.42. The number of likely N-dealkylation sites (tertiary alicyclic amines) is 1. The lowest BCUT2D eigenvalue weighted by atomic mass is 10.1. The van der Waals surface area contributed by atoms with Crippen molar-refractivity contribution in [1.82, 2.24) is 19.7 Å². The summed E-state index contributed by atoms with van der Waals surface area (Å²) in [6, 6.07) is 3.66. The number of carbonyl (C=O) groups excluding carboxylic acids is 1. The molecule has 2 aromatic rings. The van der Waals surface area contributed by atoms with Crippen LogP contribution in [0.15, 0.2) is 30.7 Å². The Morgan fingerprint density at radius 1 is 1.38 bits per heavy atom. The lowest BCUT2D eigenvalue weighted by Crippen LogP contribution is -2.30. The van der Waals surface area contributed by atoms with Crippen molar-refractivity contribution in [3.8, 4) is 5.88 Å². The molecule has 1 aliphatic rings. The van der Waals surface area contributed by atoms with Crippen molar-refractivity contribution in [3.05, 3.63) is 41.9 Å². The van der Waals surface area contributed by atoms with Gasteiger partial charge in [-0.1, -0.05) is 13.8 Å². The van der Waals surface area contributed by atoms with Crippen molar-refractivity contribution in [2.45, 2.75) is 32.7 Å². The van der Waals surface area contributed by atoms with Crippen molar-refractivity contribution >= 4 is 5.91 Å². The Balaban J connectivity index is 1.71. The number of carbonyl (C=O) groups is 1. The molecule has 0 unspecified atom stereocenters. The van der Waals surface area contributed by atoms with Crippen molar-refractivity contribution in [2.75, 3.05) is 13.2 Å².